The summed E-state index contributed by atoms with van der Waals surface area (Å²) < 4.78 is 0. The zero-order valence-electron chi connectivity index (χ0n) is 11.8. The van der Waals surface area contributed by atoms with Crippen LogP contribution in [-0.2, 0) is 4.79 Å². The van der Waals surface area contributed by atoms with Gasteiger partial charge in [0.25, 0.3) is 0 Å². The molecule has 1 heterocycles. The van der Waals surface area contributed by atoms with E-state index < -0.39 is 5.97 Å². The fraction of sp³-hybridized carbons (Fsp3) is 0.467. The number of aliphatic carboxylic acids is 1. The molecule has 6 nitrogen and oxygen atoms in total. The maximum atomic E-state index is 12.7. The minimum atomic E-state index is -0.941. The number of anilines is 1. The van der Waals surface area contributed by atoms with Crippen molar-refractivity contribution < 1.29 is 19.8 Å². The number of benzene rings is 1. The van der Waals surface area contributed by atoms with Crippen molar-refractivity contribution in [1.29, 1.82) is 0 Å². The van der Waals surface area contributed by atoms with E-state index in [1.54, 1.807) is 17.0 Å². The standard InChI is InChI=1S/C15H20N2O4/c18-11-13-7-4-9-16(13)15(21)17(10-8-14(19)20)12-5-2-1-3-6-12/h1-3,5-6,13,18H,4,7-11H2,(H,19,20). The second-order valence-electron chi connectivity index (χ2n) is 5.09. The van der Waals surface area contributed by atoms with Gasteiger partial charge in [-0.05, 0) is 25.0 Å². The Balaban J connectivity index is 2.18. The highest BCUT2D eigenvalue weighted by Crippen LogP contribution is 2.22. The lowest BCUT2D eigenvalue weighted by Gasteiger charge is -2.31. The number of aliphatic hydroxyl groups is 1. The predicted octanol–water partition coefficient (Wildman–Crippen LogP) is 1.54. The molecule has 21 heavy (non-hydrogen) atoms. The Labute approximate surface area is 123 Å². The lowest BCUT2D eigenvalue weighted by Crippen LogP contribution is -2.47. The number of rotatable bonds is 5. The van der Waals surface area contributed by atoms with Gasteiger partial charge < -0.3 is 15.1 Å². The van der Waals surface area contributed by atoms with Crippen LogP contribution < -0.4 is 4.90 Å². The number of nitrogens with zero attached hydrogens (tertiary/aromatic N) is 2. The Morgan fingerprint density at radius 3 is 2.62 bits per heavy atom. The van der Waals surface area contributed by atoms with Gasteiger partial charge in [0.05, 0.1) is 19.1 Å². The number of hydrogen-bond donors (Lipinski definition) is 2. The number of urea groups is 1. The van der Waals surface area contributed by atoms with E-state index in [1.807, 2.05) is 18.2 Å². The number of para-hydroxylation sites is 1. The van der Waals surface area contributed by atoms with Crippen molar-refractivity contribution in [2.24, 2.45) is 0 Å². The van der Waals surface area contributed by atoms with Crippen molar-refractivity contribution in [3.05, 3.63) is 30.3 Å². The van der Waals surface area contributed by atoms with E-state index in [0.29, 0.717) is 12.2 Å². The minimum absolute atomic E-state index is 0.0622. The van der Waals surface area contributed by atoms with Gasteiger partial charge in [0.15, 0.2) is 0 Å². The second-order valence-corrected chi connectivity index (χ2v) is 5.09. The highest BCUT2D eigenvalue weighted by molar-refractivity contribution is 5.92. The number of carboxylic acids is 1. The summed E-state index contributed by atoms with van der Waals surface area (Å²) in [7, 11) is 0. The summed E-state index contributed by atoms with van der Waals surface area (Å²) in [5.41, 5.74) is 0.673. The average molecular weight is 292 g/mol. The molecule has 2 amide bonds. The first-order chi connectivity index (χ1) is 10.1. The maximum Gasteiger partial charge on any atom is 0.324 e. The van der Waals surface area contributed by atoms with Crippen LogP contribution >= 0.6 is 0 Å². The van der Waals surface area contributed by atoms with E-state index in [9.17, 15) is 14.7 Å². The Morgan fingerprint density at radius 2 is 2.00 bits per heavy atom. The number of aliphatic hydroxyl groups excluding tert-OH is 1. The number of hydrogen-bond acceptors (Lipinski definition) is 3. The summed E-state index contributed by atoms with van der Waals surface area (Å²) in [6.45, 7) is 0.653. The van der Waals surface area contributed by atoms with E-state index in [4.69, 9.17) is 5.11 Å². The molecule has 6 heteroatoms. The van der Waals surface area contributed by atoms with E-state index >= 15 is 0 Å². The van der Waals surface area contributed by atoms with Crippen molar-refractivity contribution >= 4 is 17.7 Å². The van der Waals surface area contributed by atoms with Crippen LogP contribution in [0.25, 0.3) is 0 Å². The molecule has 0 bridgehead atoms. The van der Waals surface area contributed by atoms with E-state index in [-0.39, 0.29) is 31.6 Å². The first-order valence-corrected chi connectivity index (χ1v) is 7.09. The van der Waals surface area contributed by atoms with Gasteiger partial charge in [-0.25, -0.2) is 4.79 Å². The van der Waals surface area contributed by atoms with Crippen molar-refractivity contribution in [1.82, 2.24) is 4.90 Å². The molecule has 0 aliphatic carbocycles. The molecular formula is C15H20N2O4. The smallest absolute Gasteiger partial charge is 0.324 e. The van der Waals surface area contributed by atoms with Gasteiger partial charge >= 0.3 is 12.0 Å². The molecule has 0 radical (unpaired) electrons. The van der Waals surface area contributed by atoms with Crippen LogP contribution in [0.5, 0.6) is 0 Å². The maximum absolute atomic E-state index is 12.7. The third-order valence-electron chi connectivity index (χ3n) is 3.68. The quantitative estimate of drug-likeness (QED) is 0.862. The highest BCUT2D eigenvalue weighted by Gasteiger charge is 2.31. The van der Waals surface area contributed by atoms with Gasteiger partial charge in [-0.2, -0.15) is 0 Å². The highest BCUT2D eigenvalue weighted by atomic mass is 16.4. The summed E-state index contributed by atoms with van der Waals surface area (Å²) in [6.07, 6.45) is 1.53. The van der Waals surface area contributed by atoms with Crippen LogP contribution in [0.3, 0.4) is 0 Å². The third kappa shape index (κ3) is 3.72. The van der Waals surface area contributed by atoms with Gasteiger partial charge in [0.1, 0.15) is 0 Å². The van der Waals surface area contributed by atoms with Gasteiger partial charge in [-0.3, -0.25) is 9.69 Å². The summed E-state index contributed by atoms with van der Waals surface area (Å²) in [6, 6.07) is 8.62. The zero-order valence-corrected chi connectivity index (χ0v) is 11.8. The number of carbonyl (C=O) groups is 2. The predicted molar refractivity (Wildman–Crippen MR) is 78.3 cm³/mol. The lowest BCUT2D eigenvalue weighted by molar-refractivity contribution is -0.136. The molecule has 114 valence electrons. The third-order valence-corrected chi connectivity index (χ3v) is 3.68. The SMILES string of the molecule is O=C(O)CCN(C(=O)N1CCCC1CO)c1ccccc1. The van der Waals surface area contributed by atoms with Crippen molar-refractivity contribution in [3.63, 3.8) is 0 Å². The minimum Gasteiger partial charge on any atom is -0.481 e. The Hall–Kier alpha value is -2.08. The molecule has 1 unspecified atom stereocenters. The largest absolute Gasteiger partial charge is 0.481 e. The summed E-state index contributed by atoms with van der Waals surface area (Å²) in [5.74, 6) is -0.941. The molecule has 1 aliphatic heterocycles. The number of carbonyl (C=O) groups excluding carboxylic acids is 1. The van der Waals surface area contributed by atoms with E-state index in [0.717, 1.165) is 12.8 Å². The van der Waals surface area contributed by atoms with Gasteiger partial charge in [-0.15, -0.1) is 0 Å². The molecule has 2 rings (SSSR count). The molecule has 0 saturated carbocycles. The number of likely N-dealkylation sites (tertiary alicyclic amines) is 1. The first-order valence-electron chi connectivity index (χ1n) is 7.09. The molecule has 1 atom stereocenters. The topological polar surface area (TPSA) is 81.1 Å². The van der Waals surface area contributed by atoms with Crippen LogP contribution in [0, 0.1) is 0 Å². The lowest BCUT2D eigenvalue weighted by atomic mass is 10.2. The fourth-order valence-corrected chi connectivity index (χ4v) is 2.58. The summed E-state index contributed by atoms with van der Waals surface area (Å²) >= 11 is 0. The number of carboxylic acid groups (broad SMARTS) is 1. The van der Waals surface area contributed by atoms with Crippen molar-refractivity contribution in [2.45, 2.75) is 25.3 Å². The Kier molecular flexibility index (Phi) is 5.16. The zero-order chi connectivity index (χ0) is 15.2. The molecular weight excluding hydrogens is 272 g/mol. The molecule has 1 aromatic rings. The summed E-state index contributed by atoms with van der Waals surface area (Å²) in [4.78, 5) is 26.6. The Bertz CT molecular complexity index is 492. The molecule has 1 aromatic carbocycles. The molecule has 1 saturated heterocycles. The Morgan fingerprint density at radius 1 is 1.29 bits per heavy atom. The molecule has 1 aliphatic rings. The van der Waals surface area contributed by atoms with E-state index in [2.05, 4.69) is 0 Å². The van der Waals surface area contributed by atoms with Gasteiger partial charge in [0, 0.05) is 18.8 Å². The first kappa shape index (κ1) is 15.3. The average Bonchev–Trinajstić information content (AvgIpc) is 2.96. The van der Waals surface area contributed by atoms with Gasteiger partial charge in [0.2, 0.25) is 0 Å². The second kappa shape index (κ2) is 7.08. The van der Waals surface area contributed by atoms with Crippen LogP contribution in [0.15, 0.2) is 30.3 Å². The van der Waals surface area contributed by atoms with Crippen molar-refractivity contribution in [3.8, 4) is 0 Å². The number of amides is 2. The molecule has 2 N–H and O–H groups in total. The molecule has 0 spiro atoms. The normalized spacial score (nSPS) is 17.8. The van der Waals surface area contributed by atoms with Crippen LogP contribution in [-0.4, -0.2) is 52.9 Å². The van der Waals surface area contributed by atoms with E-state index in [1.165, 1.54) is 4.90 Å². The van der Waals surface area contributed by atoms with Gasteiger partial charge in [-0.1, -0.05) is 18.2 Å². The summed E-state index contributed by atoms with van der Waals surface area (Å²) in [5, 5.41) is 18.2. The fourth-order valence-electron chi connectivity index (χ4n) is 2.58. The monoisotopic (exact) mass is 292 g/mol. The van der Waals surface area contributed by atoms with Crippen LogP contribution in [0.1, 0.15) is 19.3 Å². The van der Waals surface area contributed by atoms with Crippen LogP contribution in [0.4, 0.5) is 10.5 Å². The van der Waals surface area contributed by atoms with Crippen molar-refractivity contribution in [2.75, 3.05) is 24.6 Å². The molecule has 1 fully saturated rings. The van der Waals surface area contributed by atoms with Crippen LogP contribution in [0.2, 0.25) is 0 Å². The molecule has 0 aromatic heterocycles.